The topological polar surface area (TPSA) is 0 Å². The zero-order chi connectivity index (χ0) is 9.77. The van der Waals surface area contributed by atoms with Crippen molar-refractivity contribution in [3.05, 3.63) is 0 Å². The SMILES string of the molecule is CC1C2CC23CCC(C2(C)CC2)C13C. The monoisotopic (exact) mass is 190 g/mol. The Hall–Kier alpha value is 0. The van der Waals surface area contributed by atoms with Gasteiger partial charge < -0.3 is 0 Å². The third kappa shape index (κ3) is 0.558. The summed E-state index contributed by atoms with van der Waals surface area (Å²) >= 11 is 0. The van der Waals surface area contributed by atoms with Gasteiger partial charge in [-0.05, 0) is 66.1 Å². The van der Waals surface area contributed by atoms with Gasteiger partial charge >= 0.3 is 0 Å². The Morgan fingerprint density at radius 2 is 1.79 bits per heavy atom. The molecule has 0 radical (unpaired) electrons. The van der Waals surface area contributed by atoms with Crippen LogP contribution in [-0.4, -0.2) is 0 Å². The van der Waals surface area contributed by atoms with Gasteiger partial charge in [0.25, 0.3) is 0 Å². The molecular formula is C14H22. The van der Waals surface area contributed by atoms with Crippen LogP contribution in [0.2, 0.25) is 0 Å². The summed E-state index contributed by atoms with van der Waals surface area (Å²) in [7, 11) is 0. The lowest BCUT2D eigenvalue weighted by Crippen LogP contribution is -2.49. The summed E-state index contributed by atoms with van der Waals surface area (Å²) in [5.74, 6) is 3.29. The van der Waals surface area contributed by atoms with E-state index in [-0.39, 0.29) is 0 Å². The molecule has 0 aromatic rings. The predicted molar refractivity (Wildman–Crippen MR) is 57.9 cm³/mol. The Bertz CT molecular complexity index is 314. The lowest BCUT2D eigenvalue weighted by atomic mass is 9.50. The first-order valence-corrected chi connectivity index (χ1v) is 6.55. The Kier molecular flexibility index (Phi) is 1.07. The van der Waals surface area contributed by atoms with Crippen LogP contribution in [0.3, 0.4) is 0 Å². The van der Waals surface area contributed by atoms with Gasteiger partial charge in [0.15, 0.2) is 0 Å². The van der Waals surface area contributed by atoms with Crippen molar-refractivity contribution in [2.24, 2.45) is 34.0 Å². The summed E-state index contributed by atoms with van der Waals surface area (Å²) in [5.41, 5.74) is 2.42. The van der Waals surface area contributed by atoms with E-state index >= 15 is 0 Å². The summed E-state index contributed by atoms with van der Waals surface area (Å²) in [6.07, 6.45) is 7.80. The van der Waals surface area contributed by atoms with Crippen LogP contribution in [0, 0.1) is 34.0 Å². The molecule has 0 saturated heterocycles. The van der Waals surface area contributed by atoms with Crippen LogP contribution < -0.4 is 0 Å². The zero-order valence-corrected chi connectivity index (χ0v) is 9.77. The first-order chi connectivity index (χ1) is 6.55. The van der Waals surface area contributed by atoms with Gasteiger partial charge in [-0.25, -0.2) is 0 Å². The molecule has 4 aliphatic rings. The summed E-state index contributed by atoms with van der Waals surface area (Å²) < 4.78 is 0. The fourth-order valence-corrected chi connectivity index (χ4v) is 5.92. The molecule has 78 valence electrons. The molecule has 0 heterocycles. The Labute approximate surface area is 87.5 Å². The Morgan fingerprint density at radius 1 is 1.07 bits per heavy atom. The van der Waals surface area contributed by atoms with Crippen LogP contribution in [0.15, 0.2) is 0 Å². The molecule has 5 unspecified atom stereocenters. The van der Waals surface area contributed by atoms with E-state index in [0.717, 1.165) is 34.0 Å². The fourth-order valence-electron chi connectivity index (χ4n) is 5.92. The third-order valence-corrected chi connectivity index (χ3v) is 7.24. The van der Waals surface area contributed by atoms with E-state index in [1.807, 2.05) is 0 Å². The zero-order valence-electron chi connectivity index (χ0n) is 9.77. The average molecular weight is 190 g/mol. The van der Waals surface area contributed by atoms with Crippen LogP contribution in [0.1, 0.15) is 52.9 Å². The van der Waals surface area contributed by atoms with Crippen molar-refractivity contribution in [2.45, 2.75) is 52.9 Å². The van der Waals surface area contributed by atoms with E-state index in [1.54, 1.807) is 19.3 Å². The summed E-state index contributed by atoms with van der Waals surface area (Å²) in [4.78, 5) is 0. The largest absolute Gasteiger partial charge is 0.0617 e. The van der Waals surface area contributed by atoms with Crippen molar-refractivity contribution in [3.8, 4) is 0 Å². The minimum Gasteiger partial charge on any atom is -0.0617 e. The summed E-state index contributed by atoms with van der Waals surface area (Å²) in [6, 6.07) is 0. The molecule has 0 N–H and O–H groups in total. The highest BCUT2D eigenvalue weighted by Crippen LogP contribution is 2.90. The summed E-state index contributed by atoms with van der Waals surface area (Å²) in [5, 5.41) is 0. The molecule has 5 atom stereocenters. The van der Waals surface area contributed by atoms with Crippen molar-refractivity contribution in [1.29, 1.82) is 0 Å². The van der Waals surface area contributed by atoms with Gasteiger partial charge in [-0.1, -0.05) is 20.8 Å². The molecule has 0 amide bonds. The molecule has 1 spiro atoms. The van der Waals surface area contributed by atoms with Gasteiger partial charge in [-0.2, -0.15) is 0 Å². The highest BCUT2D eigenvalue weighted by molar-refractivity contribution is 5.31. The molecule has 14 heavy (non-hydrogen) atoms. The van der Waals surface area contributed by atoms with Gasteiger partial charge in [-0.15, -0.1) is 0 Å². The van der Waals surface area contributed by atoms with Crippen LogP contribution in [0.4, 0.5) is 0 Å². The van der Waals surface area contributed by atoms with Crippen molar-refractivity contribution < 1.29 is 0 Å². The van der Waals surface area contributed by atoms with Crippen molar-refractivity contribution in [2.75, 3.05) is 0 Å². The summed E-state index contributed by atoms with van der Waals surface area (Å²) in [6.45, 7) is 7.74. The molecule has 0 bridgehead atoms. The van der Waals surface area contributed by atoms with Crippen LogP contribution >= 0.6 is 0 Å². The molecule has 4 rings (SSSR count). The minimum atomic E-state index is 0.767. The molecule has 0 aromatic carbocycles. The van der Waals surface area contributed by atoms with Gasteiger partial charge in [0.2, 0.25) is 0 Å². The van der Waals surface area contributed by atoms with E-state index in [2.05, 4.69) is 20.8 Å². The van der Waals surface area contributed by atoms with E-state index in [1.165, 1.54) is 12.8 Å². The van der Waals surface area contributed by atoms with Crippen LogP contribution in [-0.2, 0) is 0 Å². The molecule has 0 nitrogen and oxygen atoms in total. The lowest BCUT2D eigenvalue weighted by molar-refractivity contribution is -0.0658. The Morgan fingerprint density at radius 3 is 2.36 bits per heavy atom. The van der Waals surface area contributed by atoms with Crippen molar-refractivity contribution >= 4 is 0 Å². The number of rotatable bonds is 1. The molecule has 4 fully saturated rings. The maximum atomic E-state index is 2.64. The van der Waals surface area contributed by atoms with E-state index in [4.69, 9.17) is 0 Å². The highest BCUT2D eigenvalue weighted by atomic mass is 14.9. The van der Waals surface area contributed by atoms with Crippen molar-refractivity contribution in [1.82, 2.24) is 0 Å². The second kappa shape index (κ2) is 1.83. The number of hydrogen-bond donors (Lipinski definition) is 0. The van der Waals surface area contributed by atoms with E-state index < -0.39 is 0 Å². The smallest absolute Gasteiger partial charge is 0.0204 e. The minimum absolute atomic E-state index is 0.767. The maximum absolute atomic E-state index is 2.64. The van der Waals surface area contributed by atoms with Crippen molar-refractivity contribution in [3.63, 3.8) is 0 Å². The second-order valence-corrected chi connectivity index (χ2v) is 7.28. The lowest BCUT2D eigenvalue weighted by Gasteiger charge is -2.54. The molecule has 0 aromatic heterocycles. The van der Waals surface area contributed by atoms with E-state index in [0.29, 0.717) is 0 Å². The van der Waals surface area contributed by atoms with Crippen LogP contribution in [0.5, 0.6) is 0 Å². The Balaban J connectivity index is 1.76. The van der Waals surface area contributed by atoms with E-state index in [9.17, 15) is 0 Å². The average Bonchev–Trinajstić information content (AvgIpc) is 2.99. The third-order valence-electron chi connectivity index (χ3n) is 7.24. The normalized spacial score (nSPS) is 66.6. The first kappa shape index (κ1) is 8.19. The first-order valence-electron chi connectivity index (χ1n) is 6.55. The predicted octanol–water partition coefficient (Wildman–Crippen LogP) is 3.86. The molecular weight excluding hydrogens is 168 g/mol. The van der Waals surface area contributed by atoms with Crippen LogP contribution in [0.25, 0.3) is 0 Å². The standard InChI is InChI=1S/C14H22/c1-9-10-8-14(10)5-4-11(13(9,14)3)12(2)6-7-12/h9-11H,4-8H2,1-3H3. The fraction of sp³-hybridized carbons (Fsp3) is 1.00. The van der Waals surface area contributed by atoms with Gasteiger partial charge in [0, 0.05) is 0 Å². The second-order valence-electron chi connectivity index (χ2n) is 7.28. The van der Waals surface area contributed by atoms with Gasteiger partial charge in [0.1, 0.15) is 0 Å². The molecule has 0 aliphatic heterocycles. The molecule has 0 heteroatoms. The molecule has 4 aliphatic carbocycles. The molecule has 4 saturated carbocycles. The maximum Gasteiger partial charge on any atom is -0.0204 e. The van der Waals surface area contributed by atoms with Gasteiger partial charge in [-0.3, -0.25) is 0 Å². The number of hydrogen-bond acceptors (Lipinski definition) is 0. The van der Waals surface area contributed by atoms with Gasteiger partial charge in [0.05, 0.1) is 0 Å². The highest BCUT2D eigenvalue weighted by Gasteiger charge is 2.83. The quantitative estimate of drug-likeness (QED) is 0.589.